The maximum atomic E-state index is 12.6. The number of piperazine rings is 1. The van der Waals surface area contributed by atoms with Crippen molar-refractivity contribution in [2.75, 3.05) is 19.6 Å². The van der Waals surface area contributed by atoms with Crippen LogP contribution in [0.5, 0.6) is 0 Å². The Balaban J connectivity index is 0.00000176. The van der Waals surface area contributed by atoms with Gasteiger partial charge < -0.3 is 10.2 Å². The van der Waals surface area contributed by atoms with Crippen molar-refractivity contribution < 1.29 is 4.79 Å². The zero-order valence-corrected chi connectivity index (χ0v) is 14.6. The number of carbonyl (C=O) groups is 1. The summed E-state index contributed by atoms with van der Waals surface area (Å²) < 4.78 is 0. The molecule has 0 saturated carbocycles. The zero-order chi connectivity index (χ0) is 14.8. The molecule has 1 amide bonds. The predicted molar refractivity (Wildman–Crippen MR) is 95.4 cm³/mol. The molecule has 1 aliphatic heterocycles. The minimum absolute atomic E-state index is 0. The lowest BCUT2D eigenvalue weighted by molar-refractivity contribution is 0.0661. The number of amides is 1. The summed E-state index contributed by atoms with van der Waals surface area (Å²) in [6, 6.07) is 11.9. The summed E-state index contributed by atoms with van der Waals surface area (Å²) >= 11 is 7.45. The molecule has 1 aromatic heterocycles. The van der Waals surface area contributed by atoms with Crippen molar-refractivity contribution in [3.05, 3.63) is 46.3 Å². The van der Waals surface area contributed by atoms with Gasteiger partial charge in [-0.1, -0.05) is 23.7 Å². The van der Waals surface area contributed by atoms with Crippen LogP contribution in [0.15, 0.2) is 36.4 Å². The first-order valence-electron chi connectivity index (χ1n) is 7.02. The van der Waals surface area contributed by atoms with Gasteiger partial charge in [0.2, 0.25) is 0 Å². The molecule has 6 heteroatoms. The lowest BCUT2D eigenvalue weighted by Gasteiger charge is -2.33. The third kappa shape index (κ3) is 3.63. The molecule has 22 heavy (non-hydrogen) atoms. The van der Waals surface area contributed by atoms with Crippen LogP contribution < -0.4 is 5.32 Å². The third-order valence-electron chi connectivity index (χ3n) is 3.71. The maximum absolute atomic E-state index is 12.6. The van der Waals surface area contributed by atoms with Gasteiger partial charge in [-0.15, -0.1) is 23.7 Å². The lowest BCUT2D eigenvalue weighted by Crippen LogP contribution is -2.52. The SMILES string of the molecule is C[C@@H]1CNCCN1C(=O)c1ccc(-c2ccc(Cl)cc2)s1.Cl. The van der Waals surface area contributed by atoms with E-state index < -0.39 is 0 Å². The minimum Gasteiger partial charge on any atom is -0.333 e. The lowest BCUT2D eigenvalue weighted by atomic mass is 10.2. The van der Waals surface area contributed by atoms with E-state index in [1.807, 2.05) is 41.3 Å². The van der Waals surface area contributed by atoms with E-state index in [-0.39, 0.29) is 24.4 Å². The summed E-state index contributed by atoms with van der Waals surface area (Å²) in [7, 11) is 0. The molecule has 1 atom stereocenters. The number of halogens is 2. The van der Waals surface area contributed by atoms with Gasteiger partial charge in [-0.05, 0) is 36.8 Å². The quantitative estimate of drug-likeness (QED) is 0.884. The highest BCUT2D eigenvalue weighted by Gasteiger charge is 2.25. The fourth-order valence-corrected chi connectivity index (χ4v) is 3.60. The van der Waals surface area contributed by atoms with E-state index in [0.29, 0.717) is 0 Å². The molecule has 1 aromatic carbocycles. The highest BCUT2D eigenvalue weighted by Crippen LogP contribution is 2.30. The van der Waals surface area contributed by atoms with Crippen LogP contribution in [0.1, 0.15) is 16.6 Å². The van der Waals surface area contributed by atoms with Crippen molar-refractivity contribution in [3.8, 4) is 10.4 Å². The molecule has 1 saturated heterocycles. The molecular weight excluding hydrogens is 339 g/mol. The van der Waals surface area contributed by atoms with Crippen molar-refractivity contribution in [1.82, 2.24) is 10.2 Å². The van der Waals surface area contributed by atoms with Gasteiger partial charge in [0, 0.05) is 35.6 Å². The summed E-state index contributed by atoms with van der Waals surface area (Å²) in [6.45, 7) is 4.58. The number of thiophene rings is 1. The van der Waals surface area contributed by atoms with Crippen molar-refractivity contribution in [3.63, 3.8) is 0 Å². The molecule has 2 aromatic rings. The standard InChI is InChI=1S/C16H17ClN2OS.ClH/c1-11-10-18-8-9-19(11)16(20)15-7-6-14(21-15)12-2-4-13(17)5-3-12;/h2-7,11,18H,8-10H2,1H3;1H/t11-;/m1./s1. The molecule has 1 N–H and O–H groups in total. The Morgan fingerprint density at radius 3 is 2.68 bits per heavy atom. The third-order valence-corrected chi connectivity index (χ3v) is 5.08. The second-order valence-electron chi connectivity index (χ2n) is 5.22. The molecule has 0 bridgehead atoms. The van der Waals surface area contributed by atoms with Crippen LogP contribution >= 0.6 is 35.3 Å². The van der Waals surface area contributed by atoms with Gasteiger partial charge in [0.1, 0.15) is 0 Å². The number of hydrogen-bond donors (Lipinski definition) is 1. The average Bonchev–Trinajstić information content (AvgIpc) is 2.98. The fraction of sp³-hybridized carbons (Fsp3) is 0.312. The number of nitrogens with one attached hydrogen (secondary N) is 1. The van der Waals surface area contributed by atoms with E-state index >= 15 is 0 Å². The van der Waals surface area contributed by atoms with E-state index in [0.717, 1.165) is 40.0 Å². The van der Waals surface area contributed by atoms with Crippen molar-refractivity contribution in [2.45, 2.75) is 13.0 Å². The zero-order valence-electron chi connectivity index (χ0n) is 12.2. The summed E-state index contributed by atoms with van der Waals surface area (Å²) in [4.78, 5) is 16.4. The van der Waals surface area contributed by atoms with Crippen molar-refractivity contribution in [2.24, 2.45) is 0 Å². The Morgan fingerprint density at radius 2 is 2.00 bits per heavy atom. The van der Waals surface area contributed by atoms with Gasteiger partial charge in [0.05, 0.1) is 4.88 Å². The summed E-state index contributed by atoms with van der Waals surface area (Å²) in [5, 5.41) is 4.03. The van der Waals surface area contributed by atoms with Gasteiger partial charge in [-0.3, -0.25) is 4.79 Å². The number of benzene rings is 1. The summed E-state index contributed by atoms with van der Waals surface area (Å²) in [5.74, 6) is 0.134. The Morgan fingerprint density at radius 1 is 1.27 bits per heavy atom. The first kappa shape index (κ1) is 17.3. The number of carbonyl (C=O) groups excluding carboxylic acids is 1. The van der Waals surface area contributed by atoms with Gasteiger partial charge in [-0.25, -0.2) is 0 Å². The molecule has 1 fully saturated rings. The van der Waals surface area contributed by atoms with Crippen molar-refractivity contribution in [1.29, 1.82) is 0 Å². The second kappa shape index (κ2) is 7.47. The van der Waals surface area contributed by atoms with Gasteiger partial charge in [0.25, 0.3) is 5.91 Å². The van der Waals surface area contributed by atoms with Gasteiger partial charge in [0.15, 0.2) is 0 Å². The molecule has 1 aliphatic rings. The van der Waals surface area contributed by atoms with Gasteiger partial charge in [-0.2, -0.15) is 0 Å². The summed E-state index contributed by atoms with van der Waals surface area (Å²) in [6.07, 6.45) is 0. The highest BCUT2D eigenvalue weighted by atomic mass is 35.5. The molecule has 118 valence electrons. The normalized spacial score (nSPS) is 17.9. The number of nitrogens with zero attached hydrogens (tertiary/aromatic N) is 1. The molecule has 2 heterocycles. The minimum atomic E-state index is 0. The highest BCUT2D eigenvalue weighted by molar-refractivity contribution is 7.17. The van der Waals surface area contributed by atoms with E-state index in [4.69, 9.17) is 11.6 Å². The average molecular weight is 357 g/mol. The van der Waals surface area contributed by atoms with E-state index in [1.165, 1.54) is 0 Å². The molecule has 0 unspecified atom stereocenters. The Kier molecular flexibility index (Phi) is 5.87. The Bertz CT molecular complexity index is 642. The first-order valence-corrected chi connectivity index (χ1v) is 8.22. The number of rotatable bonds is 2. The Hall–Kier alpha value is -1.07. The van der Waals surface area contributed by atoms with Crippen LogP contribution in [0.25, 0.3) is 10.4 Å². The first-order chi connectivity index (χ1) is 10.1. The van der Waals surface area contributed by atoms with E-state index in [1.54, 1.807) is 11.3 Å². The second-order valence-corrected chi connectivity index (χ2v) is 6.74. The fourth-order valence-electron chi connectivity index (χ4n) is 2.51. The van der Waals surface area contributed by atoms with E-state index in [2.05, 4.69) is 12.2 Å². The Labute approximate surface area is 145 Å². The molecule has 0 aliphatic carbocycles. The van der Waals surface area contributed by atoms with Crippen LogP contribution in [-0.4, -0.2) is 36.5 Å². The van der Waals surface area contributed by atoms with Crippen molar-refractivity contribution >= 4 is 41.3 Å². The van der Waals surface area contributed by atoms with Crippen LogP contribution in [0.3, 0.4) is 0 Å². The molecule has 0 spiro atoms. The monoisotopic (exact) mass is 356 g/mol. The molecule has 3 rings (SSSR count). The smallest absolute Gasteiger partial charge is 0.264 e. The van der Waals surface area contributed by atoms with Gasteiger partial charge >= 0.3 is 0 Å². The van der Waals surface area contributed by atoms with Crippen LogP contribution in [0.2, 0.25) is 5.02 Å². The maximum Gasteiger partial charge on any atom is 0.264 e. The molecule has 0 radical (unpaired) electrons. The molecule has 3 nitrogen and oxygen atoms in total. The largest absolute Gasteiger partial charge is 0.333 e. The van der Waals surface area contributed by atoms with Crippen LogP contribution in [0.4, 0.5) is 0 Å². The topological polar surface area (TPSA) is 32.3 Å². The number of hydrogen-bond acceptors (Lipinski definition) is 3. The van der Waals surface area contributed by atoms with E-state index in [9.17, 15) is 4.79 Å². The van der Waals surface area contributed by atoms with Crippen LogP contribution in [0, 0.1) is 0 Å². The predicted octanol–water partition coefficient (Wildman–Crippen LogP) is 3.92. The summed E-state index contributed by atoms with van der Waals surface area (Å²) in [5.41, 5.74) is 1.09. The molecular formula is C16H18Cl2N2OS. The van der Waals surface area contributed by atoms with Crippen LogP contribution in [-0.2, 0) is 0 Å².